The number of nitrogens with zero attached hydrogens (tertiary/aromatic N) is 2. The highest BCUT2D eigenvalue weighted by atomic mass is 16.5. The van der Waals surface area contributed by atoms with E-state index in [0.29, 0.717) is 0 Å². The molecular formula is C32H45N3O2. The Morgan fingerprint density at radius 1 is 1.05 bits per heavy atom. The second-order valence-electron chi connectivity index (χ2n) is 11.5. The number of ether oxygens (including phenoxy) is 1. The quantitative estimate of drug-likeness (QED) is 0.466. The Hall–Kier alpha value is -2.37. The molecule has 1 aliphatic carbocycles. The van der Waals surface area contributed by atoms with Crippen LogP contribution in [-0.2, 0) is 21.5 Å². The lowest BCUT2D eigenvalue weighted by Gasteiger charge is -2.47. The number of methoxy groups -OCH3 is 1. The molecule has 2 aliphatic heterocycles. The van der Waals surface area contributed by atoms with Gasteiger partial charge in [-0.2, -0.15) is 0 Å². The predicted molar refractivity (Wildman–Crippen MR) is 151 cm³/mol. The van der Waals surface area contributed by atoms with Gasteiger partial charge in [0.1, 0.15) is 0 Å². The van der Waals surface area contributed by atoms with Gasteiger partial charge in [0, 0.05) is 31.9 Å². The first-order valence-electron chi connectivity index (χ1n) is 14.5. The fourth-order valence-corrected chi connectivity index (χ4v) is 7.20. The second kappa shape index (κ2) is 12.0. The van der Waals surface area contributed by atoms with Crippen molar-refractivity contribution < 1.29 is 9.53 Å². The van der Waals surface area contributed by atoms with Gasteiger partial charge in [0.15, 0.2) is 6.10 Å². The first-order chi connectivity index (χ1) is 18.1. The summed E-state index contributed by atoms with van der Waals surface area (Å²) in [5.41, 5.74) is 4.21. The number of fused-ring (bicyclic) bond motifs is 1. The van der Waals surface area contributed by atoms with Crippen LogP contribution in [0.2, 0.25) is 0 Å². The van der Waals surface area contributed by atoms with E-state index in [1.165, 1.54) is 69.2 Å². The number of rotatable bonds is 9. The van der Waals surface area contributed by atoms with Crippen LogP contribution in [0.4, 0.5) is 5.69 Å². The van der Waals surface area contributed by atoms with E-state index in [9.17, 15) is 4.79 Å². The van der Waals surface area contributed by atoms with Gasteiger partial charge in [0.2, 0.25) is 0 Å². The maximum Gasteiger partial charge on any atom is 0.253 e. The molecule has 1 saturated heterocycles. The number of hydrogen-bond donors (Lipinski definition) is 1. The van der Waals surface area contributed by atoms with Gasteiger partial charge in [-0.15, -0.1) is 0 Å². The van der Waals surface area contributed by atoms with E-state index in [4.69, 9.17) is 4.74 Å². The lowest BCUT2D eigenvalue weighted by molar-refractivity contribution is -0.141. The third-order valence-electron chi connectivity index (χ3n) is 9.38. The molecule has 0 bridgehead atoms. The summed E-state index contributed by atoms with van der Waals surface area (Å²) in [4.78, 5) is 18.0. The average molecular weight is 504 g/mol. The minimum atomic E-state index is -0.444. The Labute approximate surface area is 223 Å². The average Bonchev–Trinajstić information content (AvgIpc) is 3.50. The Morgan fingerprint density at radius 2 is 1.76 bits per heavy atom. The molecule has 2 heterocycles. The van der Waals surface area contributed by atoms with Crippen LogP contribution in [0, 0.1) is 5.92 Å². The van der Waals surface area contributed by atoms with Crippen molar-refractivity contribution in [2.45, 2.75) is 81.9 Å². The lowest BCUT2D eigenvalue weighted by atomic mass is 9.70. The van der Waals surface area contributed by atoms with Gasteiger partial charge in [-0.1, -0.05) is 48.5 Å². The van der Waals surface area contributed by atoms with E-state index in [1.807, 2.05) is 18.0 Å². The molecule has 3 aliphatic rings. The Bertz CT molecular complexity index is 1010. The van der Waals surface area contributed by atoms with Gasteiger partial charge in [-0.25, -0.2) is 0 Å². The summed E-state index contributed by atoms with van der Waals surface area (Å²) in [7, 11) is 3.61. The molecule has 2 atom stereocenters. The van der Waals surface area contributed by atoms with Crippen LogP contribution < -0.4 is 5.32 Å². The number of carbonyl (C=O) groups excluding carboxylic acids is 1. The number of aryl methyl sites for hydroxylation is 1. The standard InChI is InChI=1S/C32H45N3O2/c1-34(31(36)30(37-2)29-17-16-26-12-6-7-15-28(26)33-29)22-10-11-25-18-20-32(21-19-25,35-23-8-9-24-35)27-13-4-3-5-14-27/h3-7,12-15,25,29-30,33H,8-11,16-24H2,1-2H3. The van der Waals surface area contributed by atoms with E-state index in [0.717, 1.165) is 37.4 Å². The van der Waals surface area contributed by atoms with Crippen LogP contribution in [0.5, 0.6) is 0 Å². The van der Waals surface area contributed by atoms with Gasteiger partial charge in [0.25, 0.3) is 5.91 Å². The molecule has 1 N–H and O–H groups in total. The molecule has 5 nitrogen and oxygen atoms in total. The summed E-state index contributed by atoms with van der Waals surface area (Å²) >= 11 is 0. The van der Waals surface area contributed by atoms with Gasteiger partial charge in [-0.3, -0.25) is 9.69 Å². The molecule has 5 heteroatoms. The fourth-order valence-electron chi connectivity index (χ4n) is 7.20. The molecule has 0 spiro atoms. The number of nitrogens with one attached hydrogen (secondary N) is 1. The Morgan fingerprint density at radius 3 is 2.49 bits per heavy atom. The first-order valence-corrected chi connectivity index (χ1v) is 14.5. The second-order valence-corrected chi connectivity index (χ2v) is 11.5. The van der Waals surface area contributed by atoms with E-state index >= 15 is 0 Å². The van der Waals surface area contributed by atoms with E-state index < -0.39 is 6.10 Å². The van der Waals surface area contributed by atoms with Crippen LogP contribution in [0.1, 0.15) is 68.9 Å². The molecule has 37 heavy (non-hydrogen) atoms. The van der Waals surface area contributed by atoms with Crippen LogP contribution in [-0.4, -0.2) is 61.6 Å². The molecule has 1 amide bonds. The molecule has 2 aromatic rings. The molecule has 2 aromatic carbocycles. The maximum atomic E-state index is 13.3. The van der Waals surface area contributed by atoms with Gasteiger partial charge in [-0.05, 0) is 100 Å². The SMILES string of the molecule is COC(C(=O)N(C)CCCC1CCC(c2ccccc2)(N2CCCC2)CC1)C1CCc2ccccc2N1. The topological polar surface area (TPSA) is 44.8 Å². The van der Waals surface area contributed by atoms with Crippen molar-refractivity contribution in [1.29, 1.82) is 0 Å². The number of benzene rings is 2. The molecule has 200 valence electrons. The molecule has 2 unspecified atom stereocenters. The van der Waals surface area contributed by atoms with Crippen LogP contribution in [0.3, 0.4) is 0 Å². The van der Waals surface area contributed by atoms with E-state index in [2.05, 4.69) is 58.7 Å². The zero-order valence-corrected chi connectivity index (χ0v) is 22.8. The third-order valence-corrected chi connectivity index (χ3v) is 9.38. The number of likely N-dealkylation sites (tertiary alicyclic amines) is 1. The summed E-state index contributed by atoms with van der Waals surface area (Å²) < 4.78 is 5.74. The monoisotopic (exact) mass is 503 g/mol. The highest BCUT2D eigenvalue weighted by Crippen LogP contribution is 2.46. The highest BCUT2D eigenvalue weighted by molar-refractivity contribution is 5.82. The molecule has 0 aromatic heterocycles. The minimum absolute atomic E-state index is 0.0184. The normalized spacial score (nSPS) is 26.8. The third kappa shape index (κ3) is 5.73. The number of amides is 1. The maximum absolute atomic E-state index is 13.3. The van der Waals surface area contributed by atoms with Crippen LogP contribution in [0.25, 0.3) is 0 Å². The summed E-state index contributed by atoms with van der Waals surface area (Å²) in [6.45, 7) is 3.29. The molecule has 1 saturated carbocycles. The Balaban J connectivity index is 1.11. The largest absolute Gasteiger partial charge is 0.379 e. The predicted octanol–water partition coefficient (Wildman–Crippen LogP) is 5.85. The minimum Gasteiger partial charge on any atom is -0.379 e. The van der Waals surface area contributed by atoms with E-state index in [1.54, 1.807) is 7.11 Å². The van der Waals surface area contributed by atoms with Crippen molar-refractivity contribution in [3.8, 4) is 0 Å². The zero-order valence-electron chi connectivity index (χ0n) is 22.8. The fraction of sp³-hybridized carbons (Fsp3) is 0.594. The lowest BCUT2D eigenvalue weighted by Crippen LogP contribution is -2.49. The number of para-hydroxylation sites is 1. The summed E-state index contributed by atoms with van der Waals surface area (Å²) in [6, 6.07) is 19.7. The number of anilines is 1. The number of likely N-dealkylation sites (N-methyl/N-ethyl adjacent to an activating group) is 1. The number of carbonyl (C=O) groups is 1. The summed E-state index contributed by atoms with van der Waals surface area (Å²) in [6.07, 6.45) is 11.5. The Kier molecular flexibility index (Phi) is 8.51. The summed E-state index contributed by atoms with van der Waals surface area (Å²) in [5, 5.41) is 3.56. The molecular weight excluding hydrogens is 458 g/mol. The van der Waals surface area contributed by atoms with E-state index in [-0.39, 0.29) is 17.5 Å². The van der Waals surface area contributed by atoms with Gasteiger partial charge >= 0.3 is 0 Å². The highest BCUT2D eigenvalue weighted by Gasteiger charge is 2.42. The van der Waals surface area contributed by atoms with Crippen LogP contribution in [0.15, 0.2) is 54.6 Å². The van der Waals surface area contributed by atoms with Crippen molar-refractivity contribution in [1.82, 2.24) is 9.80 Å². The first kappa shape index (κ1) is 26.2. The molecule has 2 fully saturated rings. The van der Waals surface area contributed by atoms with Crippen molar-refractivity contribution >= 4 is 11.6 Å². The smallest absolute Gasteiger partial charge is 0.253 e. The van der Waals surface area contributed by atoms with Gasteiger partial charge in [0.05, 0.1) is 6.04 Å². The molecule has 0 radical (unpaired) electrons. The van der Waals surface area contributed by atoms with Crippen molar-refractivity contribution in [3.05, 3.63) is 65.7 Å². The van der Waals surface area contributed by atoms with Crippen molar-refractivity contribution in [2.75, 3.05) is 39.1 Å². The zero-order chi connectivity index (χ0) is 25.7. The van der Waals surface area contributed by atoms with Crippen LogP contribution >= 0.6 is 0 Å². The molecule has 5 rings (SSSR count). The van der Waals surface area contributed by atoms with Gasteiger partial charge < -0.3 is 15.0 Å². The summed E-state index contributed by atoms with van der Waals surface area (Å²) in [5.74, 6) is 0.859. The number of hydrogen-bond acceptors (Lipinski definition) is 4. The van der Waals surface area contributed by atoms with Crippen molar-refractivity contribution in [2.24, 2.45) is 5.92 Å². The van der Waals surface area contributed by atoms with Crippen molar-refractivity contribution in [3.63, 3.8) is 0 Å².